The van der Waals surface area contributed by atoms with E-state index in [2.05, 4.69) is 0 Å². The minimum Gasteiger partial charge on any atom is -0.497 e. The third-order valence-corrected chi connectivity index (χ3v) is 3.46. The van der Waals surface area contributed by atoms with Gasteiger partial charge in [0.05, 0.1) is 32.2 Å². The topological polar surface area (TPSA) is 38.8 Å². The molecule has 1 aromatic carbocycles. The fourth-order valence-corrected chi connectivity index (χ4v) is 2.42. The Morgan fingerprint density at radius 2 is 2.22 bits per heavy atom. The summed E-state index contributed by atoms with van der Waals surface area (Å²) < 4.78 is 10.3. The van der Waals surface area contributed by atoms with Gasteiger partial charge in [0, 0.05) is 12.3 Å². The first-order valence-corrected chi connectivity index (χ1v) is 6.57. The van der Waals surface area contributed by atoms with Crippen LogP contribution in [0.5, 0.6) is 11.5 Å². The van der Waals surface area contributed by atoms with E-state index in [1.54, 1.807) is 44.2 Å². The van der Waals surface area contributed by atoms with Crippen LogP contribution in [0.25, 0.3) is 0 Å². The van der Waals surface area contributed by atoms with Crippen LogP contribution in [0.2, 0.25) is 0 Å². The summed E-state index contributed by atoms with van der Waals surface area (Å²) in [5.41, 5.74) is 0.587. The normalized spacial score (nSPS) is 13.8. The molecule has 1 heterocycles. The Kier molecular flexibility index (Phi) is 4.15. The molecule has 4 nitrogen and oxygen atoms in total. The lowest BCUT2D eigenvalue weighted by Crippen LogP contribution is -2.23. The monoisotopic (exact) mass is 265 g/mol. The second-order valence-corrected chi connectivity index (χ2v) is 4.68. The van der Waals surface area contributed by atoms with E-state index >= 15 is 0 Å². The van der Waals surface area contributed by atoms with Crippen molar-refractivity contribution < 1.29 is 14.3 Å². The number of Topliss-reactive ketones (excluding diaryl/α,β-unsaturated/α-hetero) is 1. The first kappa shape index (κ1) is 12.8. The second kappa shape index (κ2) is 5.82. The third kappa shape index (κ3) is 2.79. The Bertz CT molecular complexity index is 473. The Labute approximate surface area is 111 Å². The van der Waals surface area contributed by atoms with E-state index in [1.165, 1.54) is 0 Å². The molecular weight excluding hydrogens is 250 g/mol. The number of benzene rings is 1. The molecule has 0 atom stereocenters. The first-order chi connectivity index (χ1) is 8.74. The van der Waals surface area contributed by atoms with E-state index in [9.17, 15) is 4.79 Å². The minimum absolute atomic E-state index is 0.0432. The molecule has 0 fully saturated rings. The molecule has 0 saturated heterocycles. The molecule has 0 unspecified atom stereocenters. The van der Waals surface area contributed by atoms with Gasteiger partial charge in [0.25, 0.3) is 0 Å². The number of carbonyl (C=O) groups is 1. The zero-order chi connectivity index (χ0) is 13.0. The molecule has 5 heteroatoms. The van der Waals surface area contributed by atoms with E-state index < -0.39 is 0 Å². The number of nitrogens with zero attached hydrogens (tertiary/aromatic N) is 1. The zero-order valence-electron chi connectivity index (χ0n) is 10.4. The van der Waals surface area contributed by atoms with Crippen LogP contribution >= 0.6 is 11.8 Å². The summed E-state index contributed by atoms with van der Waals surface area (Å²) in [6.45, 7) is 0.367. The van der Waals surface area contributed by atoms with Gasteiger partial charge < -0.3 is 14.4 Å². The van der Waals surface area contributed by atoms with Gasteiger partial charge in [-0.25, -0.2) is 0 Å². The summed E-state index contributed by atoms with van der Waals surface area (Å²) >= 11 is 1.68. The highest BCUT2D eigenvalue weighted by molar-refractivity contribution is 8.02. The van der Waals surface area contributed by atoms with Crippen molar-refractivity contribution in [3.05, 3.63) is 35.4 Å². The van der Waals surface area contributed by atoms with Gasteiger partial charge in [-0.3, -0.25) is 4.79 Å². The van der Waals surface area contributed by atoms with Crippen LogP contribution < -0.4 is 9.47 Å². The van der Waals surface area contributed by atoms with Crippen molar-refractivity contribution in [2.45, 2.75) is 0 Å². The number of hydrogen-bond donors (Lipinski definition) is 0. The highest BCUT2D eigenvalue weighted by Gasteiger charge is 2.16. The molecule has 1 aromatic rings. The van der Waals surface area contributed by atoms with Crippen molar-refractivity contribution in [3.8, 4) is 11.5 Å². The molecule has 0 radical (unpaired) electrons. The van der Waals surface area contributed by atoms with E-state index in [4.69, 9.17) is 9.47 Å². The molecule has 0 saturated carbocycles. The van der Waals surface area contributed by atoms with Gasteiger partial charge in [-0.2, -0.15) is 0 Å². The van der Waals surface area contributed by atoms with E-state index in [1.807, 2.05) is 16.5 Å². The van der Waals surface area contributed by atoms with Crippen molar-refractivity contribution in [1.82, 2.24) is 4.90 Å². The molecular formula is C13H15NO3S. The molecule has 0 N–H and O–H groups in total. The Morgan fingerprint density at radius 3 is 2.83 bits per heavy atom. The summed E-state index contributed by atoms with van der Waals surface area (Å²) in [5, 5.41) is 1.98. The van der Waals surface area contributed by atoms with Gasteiger partial charge in [-0.05, 0) is 17.5 Å². The van der Waals surface area contributed by atoms with Gasteiger partial charge in [-0.15, -0.1) is 11.8 Å². The van der Waals surface area contributed by atoms with Crippen LogP contribution in [0.15, 0.2) is 29.8 Å². The summed E-state index contributed by atoms with van der Waals surface area (Å²) in [6.07, 6.45) is 1.93. The molecule has 0 bridgehead atoms. The number of thioether (sulfide) groups is 1. The van der Waals surface area contributed by atoms with Gasteiger partial charge >= 0.3 is 0 Å². The average molecular weight is 265 g/mol. The standard InChI is InChI=1S/C13H15NO3S/c1-16-10-3-4-11(13(7-10)17-2)12(15)8-14-5-6-18-9-14/h3-7H,8-9H2,1-2H3. The van der Waals surface area contributed by atoms with Gasteiger partial charge in [0.15, 0.2) is 5.78 Å². The van der Waals surface area contributed by atoms with Crippen molar-refractivity contribution in [2.75, 3.05) is 26.6 Å². The van der Waals surface area contributed by atoms with E-state index in [0.717, 1.165) is 5.88 Å². The Morgan fingerprint density at radius 1 is 1.39 bits per heavy atom. The lowest BCUT2D eigenvalue weighted by atomic mass is 10.1. The molecule has 1 aliphatic heterocycles. The maximum absolute atomic E-state index is 12.2. The van der Waals surface area contributed by atoms with Gasteiger partial charge in [0.2, 0.25) is 0 Å². The molecule has 18 heavy (non-hydrogen) atoms. The largest absolute Gasteiger partial charge is 0.497 e. The van der Waals surface area contributed by atoms with E-state index in [0.29, 0.717) is 23.6 Å². The maximum Gasteiger partial charge on any atom is 0.185 e. The molecule has 2 rings (SSSR count). The molecule has 0 amide bonds. The van der Waals surface area contributed by atoms with Crippen LogP contribution in [-0.4, -0.2) is 37.3 Å². The number of rotatable bonds is 5. The lowest BCUT2D eigenvalue weighted by Gasteiger charge is -2.15. The quantitative estimate of drug-likeness (QED) is 0.764. The Hall–Kier alpha value is -1.62. The molecule has 0 spiro atoms. The lowest BCUT2D eigenvalue weighted by molar-refractivity contribution is 0.0960. The highest BCUT2D eigenvalue weighted by Crippen LogP contribution is 2.25. The smallest absolute Gasteiger partial charge is 0.185 e. The molecule has 96 valence electrons. The van der Waals surface area contributed by atoms with Crippen LogP contribution in [0.3, 0.4) is 0 Å². The molecule has 0 aromatic heterocycles. The molecule has 1 aliphatic rings. The van der Waals surface area contributed by atoms with Crippen LogP contribution in [0.1, 0.15) is 10.4 Å². The van der Waals surface area contributed by atoms with Crippen molar-refractivity contribution in [3.63, 3.8) is 0 Å². The maximum atomic E-state index is 12.2. The number of hydrogen-bond acceptors (Lipinski definition) is 5. The fourth-order valence-electron chi connectivity index (χ4n) is 1.71. The number of methoxy groups -OCH3 is 2. The number of carbonyl (C=O) groups excluding carboxylic acids is 1. The average Bonchev–Trinajstić information content (AvgIpc) is 2.90. The Balaban J connectivity index is 2.15. The summed E-state index contributed by atoms with van der Waals surface area (Å²) in [6, 6.07) is 5.24. The molecule has 0 aliphatic carbocycles. The third-order valence-electron chi connectivity index (χ3n) is 2.66. The van der Waals surface area contributed by atoms with Crippen LogP contribution in [0, 0.1) is 0 Å². The van der Waals surface area contributed by atoms with Gasteiger partial charge in [0.1, 0.15) is 11.5 Å². The minimum atomic E-state index is 0.0432. The van der Waals surface area contributed by atoms with Crippen LogP contribution in [0.4, 0.5) is 0 Å². The van der Waals surface area contributed by atoms with Crippen molar-refractivity contribution in [2.24, 2.45) is 0 Å². The predicted molar refractivity (Wildman–Crippen MR) is 72.2 cm³/mol. The predicted octanol–water partition coefficient (Wildman–Crippen LogP) is 2.36. The fraction of sp³-hybridized carbons (Fsp3) is 0.308. The van der Waals surface area contributed by atoms with Gasteiger partial charge in [-0.1, -0.05) is 0 Å². The number of ketones is 1. The van der Waals surface area contributed by atoms with Crippen molar-refractivity contribution in [1.29, 1.82) is 0 Å². The summed E-state index contributed by atoms with van der Waals surface area (Å²) in [7, 11) is 3.14. The van der Waals surface area contributed by atoms with Crippen LogP contribution in [-0.2, 0) is 0 Å². The highest BCUT2D eigenvalue weighted by atomic mass is 32.2. The SMILES string of the molecule is COc1ccc(C(=O)CN2C=CSC2)c(OC)c1. The zero-order valence-corrected chi connectivity index (χ0v) is 11.2. The summed E-state index contributed by atoms with van der Waals surface area (Å²) in [4.78, 5) is 14.1. The second-order valence-electron chi connectivity index (χ2n) is 3.82. The first-order valence-electron chi connectivity index (χ1n) is 5.52. The number of ether oxygens (including phenoxy) is 2. The van der Waals surface area contributed by atoms with E-state index in [-0.39, 0.29) is 5.78 Å². The van der Waals surface area contributed by atoms with Crippen molar-refractivity contribution >= 4 is 17.5 Å². The summed E-state index contributed by atoms with van der Waals surface area (Å²) in [5.74, 6) is 2.10.